The lowest BCUT2D eigenvalue weighted by Crippen LogP contribution is -2.30. The van der Waals surface area contributed by atoms with Crippen LogP contribution < -0.4 is 5.32 Å². The third-order valence-corrected chi connectivity index (χ3v) is 3.42. The van der Waals surface area contributed by atoms with Crippen molar-refractivity contribution in [1.29, 1.82) is 0 Å². The standard InChI is InChI=1S/C15H16N2O3/c18-15(13-2-4-20-10-13)17-7-11-5-14(8-16-6-11)12-1-3-19-9-12/h1,3,5-6,8-9,13H,2,4,7,10H2,(H,17,18)/t13-/m1/s1. The molecule has 0 saturated carbocycles. The van der Waals surface area contributed by atoms with Crippen molar-refractivity contribution >= 4 is 5.91 Å². The summed E-state index contributed by atoms with van der Waals surface area (Å²) in [4.78, 5) is 16.1. The van der Waals surface area contributed by atoms with E-state index in [2.05, 4.69) is 10.3 Å². The number of carbonyl (C=O) groups excluding carboxylic acids is 1. The summed E-state index contributed by atoms with van der Waals surface area (Å²) < 4.78 is 10.3. The Hall–Kier alpha value is -2.14. The Morgan fingerprint density at radius 3 is 3.10 bits per heavy atom. The number of rotatable bonds is 4. The van der Waals surface area contributed by atoms with E-state index in [-0.39, 0.29) is 11.8 Å². The average molecular weight is 272 g/mol. The van der Waals surface area contributed by atoms with Crippen molar-refractivity contribution in [3.8, 4) is 11.1 Å². The van der Waals surface area contributed by atoms with E-state index in [1.165, 1.54) is 0 Å². The van der Waals surface area contributed by atoms with Crippen LogP contribution in [0.2, 0.25) is 0 Å². The first-order chi connectivity index (χ1) is 9.83. The molecule has 0 radical (unpaired) electrons. The lowest BCUT2D eigenvalue weighted by atomic mass is 10.1. The van der Waals surface area contributed by atoms with Crippen LogP contribution in [-0.4, -0.2) is 24.1 Å². The highest BCUT2D eigenvalue weighted by atomic mass is 16.5. The van der Waals surface area contributed by atoms with E-state index in [1.807, 2.05) is 12.1 Å². The van der Waals surface area contributed by atoms with E-state index in [4.69, 9.17) is 9.15 Å². The van der Waals surface area contributed by atoms with E-state index in [0.717, 1.165) is 23.1 Å². The molecule has 5 nitrogen and oxygen atoms in total. The van der Waals surface area contributed by atoms with Crippen LogP contribution in [0.5, 0.6) is 0 Å². The second kappa shape index (κ2) is 5.88. The van der Waals surface area contributed by atoms with Crippen LogP contribution in [0.4, 0.5) is 0 Å². The van der Waals surface area contributed by atoms with Crippen LogP contribution in [0.1, 0.15) is 12.0 Å². The maximum absolute atomic E-state index is 11.9. The largest absolute Gasteiger partial charge is 0.472 e. The molecule has 3 heterocycles. The van der Waals surface area contributed by atoms with Crippen molar-refractivity contribution in [3.63, 3.8) is 0 Å². The van der Waals surface area contributed by atoms with Gasteiger partial charge in [-0.2, -0.15) is 0 Å². The van der Waals surface area contributed by atoms with Crippen LogP contribution in [-0.2, 0) is 16.1 Å². The van der Waals surface area contributed by atoms with Gasteiger partial charge < -0.3 is 14.5 Å². The predicted molar refractivity (Wildman–Crippen MR) is 72.7 cm³/mol. The highest BCUT2D eigenvalue weighted by Gasteiger charge is 2.22. The van der Waals surface area contributed by atoms with E-state index in [9.17, 15) is 4.79 Å². The fourth-order valence-electron chi connectivity index (χ4n) is 2.25. The number of nitrogens with one attached hydrogen (secondary N) is 1. The van der Waals surface area contributed by atoms with Gasteiger partial charge in [-0.15, -0.1) is 0 Å². The van der Waals surface area contributed by atoms with Crippen molar-refractivity contribution in [1.82, 2.24) is 10.3 Å². The minimum absolute atomic E-state index is 0.0139. The predicted octanol–water partition coefficient (Wildman–Crippen LogP) is 1.99. The average Bonchev–Trinajstić information content (AvgIpc) is 3.17. The summed E-state index contributed by atoms with van der Waals surface area (Å²) in [6, 6.07) is 3.89. The second-order valence-corrected chi connectivity index (χ2v) is 4.87. The number of pyridine rings is 1. The van der Waals surface area contributed by atoms with Gasteiger partial charge in [0.15, 0.2) is 0 Å². The normalized spacial score (nSPS) is 18.1. The molecule has 3 rings (SSSR count). The molecule has 20 heavy (non-hydrogen) atoms. The van der Waals surface area contributed by atoms with Gasteiger partial charge in [-0.25, -0.2) is 0 Å². The van der Waals surface area contributed by atoms with E-state index >= 15 is 0 Å². The number of furan rings is 1. The highest BCUT2D eigenvalue weighted by Crippen LogP contribution is 2.19. The topological polar surface area (TPSA) is 64.4 Å². The fraction of sp³-hybridized carbons (Fsp3) is 0.333. The Bertz CT molecular complexity index is 575. The first kappa shape index (κ1) is 12.9. The maximum Gasteiger partial charge on any atom is 0.225 e. The van der Waals surface area contributed by atoms with Crippen molar-refractivity contribution in [2.45, 2.75) is 13.0 Å². The van der Waals surface area contributed by atoms with Crippen molar-refractivity contribution in [2.75, 3.05) is 13.2 Å². The quantitative estimate of drug-likeness (QED) is 0.924. The molecule has 1 atom stereocenters. The Morgan fingerprint density at radius 2 is 2.35 bits per heavy atom. The molecule has 0 aliphatic carbocycles. The summed E-state index contributed by atoms with van der Waals surface area (Å²) in [7, 11) is 0. The SMILES string of the molecule is O=C(NCc1cncc(-c2ccoc2)c1)[C@@H]1CCOC1. The molecule has 1 aliphatic heterocycles. The molecular formula is C15H16N2O3. The van der Waals surface area contributed by atoms with Gasteiger partial charge in [0.2, 0.25) is 5.91 Å². The minimum Gasteiger partial charge on any atom is -0.472 e. The molecule has 1 amide bonds. The summed E-state index contributed by atoms with van der Waals surface area (Å²) in [6.07, 6.45) is 7.65. The van der Waals surface area contributed by atoms with Crippen LogP contribution in [0.15, 0.2) is 41.5 Å². The molecule has 0 aromatic carbocycles. The summed E-state index contributed by atoms with van der Waals surface area (Å²) in [5.74, 6) is 0.0382. The van der Waals surface area contributed by atoms with Crippen LogP contribution >= 0.6 is 0 Å². The molecule has 1 saturated heterocycles. The molecule has 5 heteroatoms. The molecular weight excluding hydrogens is 256 g/mol. The van der Waals surface area contributed by atoms with Crippen molar-refractivity contribution < 1.29 is 13.9 Å². The highest BCUT2D eigenvalue weighted by molar-refractivity contribution is 5.79. The van der Waals surface area contributed by atoms with Gasteiger partial charge in [-0.1, -0.05) is 0 Å². The number of aromatic nitrogens is 1. The number of amides is 1. The number of hydrogen-bond acceptors (Lipinski definition) is 4. The number of hydrogen-bond donors (Lipinski definition) is 1. The Balaban J connectivity index is 1.63. The zero-order valence-electron chi connectivity index (χ0n) is 11.0. The molecule has 1 fully saturated rings. The second-order valence-electron chi connectivity index (χ2n) is 4.87. The zero-order valence-corrected chi connectivity index (χ0v) is 11.0. The Labute approximate surface area is 117 Å². The van der Waals surface area contributed by atoms with E-state index in [0.29, 0.717) is 19.8 Å². The van der Waals surface area contributed by atoms with Gasteiger partial charge >= 0.3 is 0 Å². The van der Waals surface area contributed by atoms with Crippen molar-refractivity contribution in [3.05, 3.63) is 42.6 Å². The molecule has 0 spiro atoms. The summed E-state index contributed by atoms with van der Waals surface area (Å²) in [5.41, 5.74) is 2.93. The lowest BCUT2D eigenvalue weighted by molar-refractivity contribution is -0.125. The molecule has 0 bridgehead atoms. The van der Waals surface area contributed by atoms with Gasteiger partial charge in [0.1, 0.15) is 0 Å². The molecule has 2 aromatic rings. The molecule has 104 valence electrons. The number of ether oxygens (including phenoxy) is 1. The van der Waals surface area contributed by atoms with E-state index < -0.39 is 0 Å². The molecule has 2 aromatic heterocycles. The minimum atomic E-state index is -0.0139. The third-order valence-electron chi connectivity index (χ3n) is 3.42. The monoisotopic (exact) mass is 272 g/mol. The first-order valence-electron chi connectivity index (χ1n) is 6.65. The summed E-state index contributed by atoms with van der Waals surface area (Å²) in [5, 5.41) is 2.93. The van der Waals surface area contributed by atoms with Gasteiger partial charge in [-0.05, 0) is 24.1 Å². The maximum atomic E-state index is 11.9. The van der Waals surface area contributed by atoms with E-state index in [1.54, 1.807) is 24.9 Å². The van der Waals surface area contributed by atoms with Crippen molar-refractivity contribution in [2.24, 2.45) is 5.92 Å². The molecule has 0 unspecified atom stereocenters. The molecule has 1 aliphatic rings. The summed E-state index contributed by atoms with van der Waals surface area (Å²) >= 11 is 0. The van der Waals surface area contributed by atoms with Crippen LogP contribution in [0.3, 0.4) is 0 Å². The fourth-order valence-corrected chi connectivity index (χ4v) is 2.25. The molecule has 1 N–H and O–H groups in total. The number of carbonyl (C=O) groups is 1. The van der Waals surface area contributed by atoms with Gasteiger partial charge in [0, 0.05) is 36.7 Å². The van der Waals surface area contributed by atoms with Crippen LogP contribution in [0, 0.1) is 5.92 Å². The number of nitrogens with zero attached hydrogens (tertiary/aromatic N) is 1. The smallest absolute Gasteiger partial charge is 0.225 e. The zero-order chi connectivity index (χ0) is 13.8. The van der Waals surface area contributed by atoms with Gasteiger partial charge in [-0.3, -0.25) is 9.78 Å². The third kappa shape index (κ3) is 2.88. The Morgan fingerprint density at radius 1 is 1.40 bits per heavy atom. The van der Waals surface area contributed by atoms with Gasteiger partial charge in [0.25, 0.3) is 0 Å². The van der Waals surface area contributed by atoms with Gasteiger partial charge in [0.05, 0.1) is 25.1 Å². The summed E-state index contributed by atoms with van der Waals surface area (Å²) in [6.45, 7) is 1.68. The lowest BCUT2D eigenvalue weighted by Gasteiger charge is -2.09. The van der Waals surface area contributed by atoms with Crippen LogP contribution in [0.25, 0.3) is 11.1 Å². The Kier molecular flexibility index (Phi) is 3.78. The first-order valence-corrected chi connectivity index (χ1v) is 6.65.